The van der Waals surface area contributed by atoms with Gasteiger partial charge >= 0.3 is 0 Å². The highest BCUT2D eigenvalue weighted by Gasteiger charge is 2.08. The molecule has 1 aromatic carbocycles. The van der Waals surface area contributed by atoms with Gasteiger partial charge in [-0.05, 0) is 11.6 Å². The molecule has 7 heteroatoms. The van der Waals surface area contributed by atoms with Crippen LogP contribution in [0.3, 0.4) is 0 Å². The minimum Gasteiger partial charge on any atom is -0.289 e. The van der Waals surface area contributed by atoms with Crippen LogP contribution in [-0.2, 0) is 16.2 Å². The number of fused-ring (bicyclic) bond motifs is 1. The first-order valence-electron chi connectivity index (χ1n) is 6.49. The SMILES string of the molecule is O=C(C=Cc1c(Cl)nc2sccn12)NOCc1ccccc1. The van der Waals surface area contributed by atoms with Gasteiger partial charge in [0, 0.05) is 17.7 Å². The van der Waals surface area contributed by atoms with Crippen LogP contribution in [0.25, 0.3) is 11.0 Å². The van der Waals surface area contributed by atoms with Gasteiger partial charge in [-0.2, -0.15) is 0 Å². The number of benzene rings is 1. The molecule has 0 aliphatic carbocycles. The summed E-state index contributed by atoms with van der Waals surface area (Å²) < 4.78 is 1.82. The lowest BCUT2D eigenvalue weighted by Gasteiger charge is -2.03. The molecule has 0 aliphatic rings. The summed E-state index contributed by atoms with van der Waals surface area (Å²) in [6.45, 7) is 0.308. The number of halogens is 1. The Morgan fingerprint density at radius 3 is 3.05 bits per heavy atom. The topological polar surface area (TPSA) is 55.6 Å². The Morgan fingerprint density at radius 1 is 1.41 bits per heavy atom. The van der Waals surface area contributed by atoms with Gasteiger partial charge in [-0.1, -0.05) is 41.9 Å². The smallest absolute Gasteiger partial charge is 0.267 e. The van der Waals surface area contributed by atoms with Gasteiger partial charge in [0.25, 0.3) is 5.91 Å². The average molecular weight is 334 g/mol. The summed E-state index contributed by atoms with van der Waals surface area (Å²) in [5.41, 5.74) is 4.00. The van der Waals surface area contributed by atoms with E-state index in [1.54, 1.807) is 6.08 Å². The highest BCUT2D eigenvalue weighted by Crippen LogP contribution is 2.22. The van der Waals surface area contributed by atoms with E-state index in [-0.39, 0.29) is 5.91 Å². The quantitative estimate of drug-likeness (QED) is 0.575. The van der Waals surface area contributed by atoms with Crippen molar-refractivity contribution < 1.29 is 9.63 Å². The van der Waals surface area contributed by atoms with E-state index in [0.29, 0.717) is 17.5 Å². The second-order valence-electron chi connectivity index (χ2n) is 4.42. The van der Waals surface area contributed by atoms with Gasteiger partial charge in [0.15, 0.2) is 10.1 Å². The van der Waals surface area contributed by atoms with Crippen molar-refractivity contribution in [1.29, 1.82) is 0 Å². The molecular weight excluding hydrogens is 322 g/mol. The normalized spacial score (nSPS) is 11.3. The van der Waals surface area contributed by atoms with Gasteiger partial charge in [-0.3, -0.25) is 14.0 Å². The number of carbonyl (C=O) groups is 1. The largest absolute Gasteiger partial charge is 0.289 e. The van der Waals surface area contributed by atoms with Gasteiger partial charge in [0.05, 0.1) is 12.3 Å². The Morgan fingerprint density at radius 2 is 2.23 bits per heavy atom. The van der Waals surface area contributed by atoms with Crippen LogP contribution in [0.15, 0.2) is 48.0 Å². The second-order valence-corrected chi connectivity index (χ2v) is 5.65. The minimum absolute atomic E-state index is 0.308. The van der Waals surface area contributed by atoms with Crippen LogP contribution in [0.2, 0.25) is 5.15 Å². The Hall–Kier alpha value is -2.15. The summed E-state index contributed by atoms with van der Waals surface area (Å²) in [5.74, 6) is -0.364. The van der Waals surface area contributed by atoms with Crippen LogP contribution in [0.1, 0.15) is 11.3 Å². The molecule has 22 heavy (non-hydrogen) atoms. The van der Waals surface area contributed by atoms with Crippen molar-refractivity contribution in [2.45, 2.75) is 6.61 Å². The number of hydrogen-bond acceptors (Lipinski definition) is 4. The van der Waals surface area contributed by atoms with Gasteiger partial charge in [0.1, 0.15) is 0 Å². The number of thiazole rings is 1. The maximum Gasteiger partial charge on any atom is 0.267 e. The predicted octanol–water partition coefficient (Wildman–Crippen LogP) is 3.31. The molecule has 0 fully saturated rings. The van der Waals surface area contributed by atoms with Crippen molar-refractivity contribution in [2.75, 3.05) is 0 Å². The lowest BCUT2D eigenvalue weighted by atomic mass is 10.2. The standard InChI is InChI=1S/C15H12ClN3O2S/c16-14-12(19-8-9-22-15(19)17-14)6-7-13(20)18-21-10-11-4-2-1-3-5-11/h1-9H,10H2,(H,18,20). The van der Waals surface area contributed by atoms with Crippen LogP contribution < -0.4 is 5.48 Å². The Bertz CT molecular complexity index is 811. The third kappa shape index (κ3) is 3.36. The van der Waals surface area contributed by atoms with Gasteiger partial charge in [-0.15, -0.1) is 11.3 Å². The lowest BCUT2D eigenvalue weighted by molar-refractivity contribution is -0.129. The predicted molar refractivity (Wildman–Crippen MR) is 86.5 cm³/mol. The third-order valence-corrected chi connectivity index (χ3v) is 3.94. The number of nitrogens with one attached hydrogen (secondary N) is 1. The number of carbonyl (C=O) groups excluding carboxylic acids is 1. The van der Waals surface area contributed by atoms with E-state index < -0.39 is 0 Å². The molecule has 3 rings (SSSR count). The van der Waals surface area contributed by atoms with Crippen molar-refractivity contribution in [3.05, 3.63) is 64.4 Å². The maximum atomic E-state index is 11.7. The monoisotopic (exact) mass is 333 g/mol. The molecule has 0 saturated heterocycles. The maximum absolute atomic E-state index is 11.7. The molecule has 0 saturated carbocycles. The zero-order chi connectivity index (χ0) is 15.4. The van der Waals surface area contributed by atoms with E-state index in [2.05, 4.69) is 10.5 Å². The van der Waals surface area contributed by atoms with Crippen molar-refractivity contribution >= 4 is 39.9 Å². The van der Waals surface area contributed by atoms with Gasteiger partial charge in [-0.25, -0.2) is 10.5 Å². The second kappa shape index (κ2) is 6.74. The van der Waals surface area contributed by atoms with Gasteiger partial charge < -0.3 is 0 Å². The molecule has 0 radical (unpaired) electrons. The summed E-state index contributed by atoms with van der Waals surface area (Å²) in [6.07, 6.45) is 4.82. The Labute approximate surface area is 135 Å². The first-order valence-corrected chi connectivity index (χ1v) is 7.74. The summed E-state index contributed by atoms with van der Waals surface area (Å²) in [6, 6.07) is 9.58. The van der Waals surface area contributed by atoms with E-state index in [0.717, 1.165) is 10.5 Å². The molecule has 0 unspecified atom stereocenters. The molecule has 2 heterocycles. The first-order chi connectivity index (χ1) is 10.7. The summed E-state index contributed by atoms with van der Waals surface area (Å²) >= 11 is 7.51. The fourth-order valence-electron chi connectivity index (χ4n) is 1.88. The lowest BCUT2D eigenvalue weighted by Crippen LogP contribution is -2.21. The Kier molecular flexibility index (Phi) is 4.53. The number of hydroxylamine groups is 1. The molecule has 1 N–H and O–H groups in total. The van der Waals surface area contributed by atoms with Crippen molar-refractivity contribution in [3.63, 3.8) is 0 Å². The molecule has 0 bridgehead atoms. The number of rotatable bonds is 5. The summed E-state index contributed by atoms with van der Waals surface area (Å²) in [5, 5.41) is 2.26. The summed E-state index contributed by atoms with van der Waals surface area (Å²) in [4.78, 5) is 21.8. The third-order valence-electron chi connectivity index (χ3n) is 2.90. The van der Waals surface area contributed by atoms with Crippen LogP contribution in [0, 0.1) is 0 Å². The summed E-state index contributed by atoms with van der Waals surface area (Å²) in [7, 11) is 0. The molecule has 0 spiro atoms. The molecule has 112 valence electrons. The van der Waals surface area contributed by atoms with Crippen LogP contribution in [0.4, 0.5) is 0 Å². The number of nitrogens with zero attached hydrogens (tertiary/aromatic N) is 2. The number of aromatic nitrogens is 2. The van der Waals surface area contributed by atoms with E-state index in [1.807, 2.05) is 46.3 Å². The van der Waals surface area contributed by atoms with Crippen LogP contribution in [-0.4, -0.2) is 15.3 Å². The molecule has 1 amide bonds. The highest BCUT2D eigenvalue weighted by molar-refractivity contribution is 7.15. The van der Waals surface area contributed by atoms with Crippen molar-refractivity contribution in [1.82, 2.24) is 14.9 Å². The van der Waals surface area contributed by atoms with Gasteiger partial charge in [0.2, 0.25) is 0 Å². The van der Waals surface area contributed by atoms with Crippen molar-refractivity contribution in [3.8, 4) is 0 Å². The molecule has 0 aliphatic heterocycles. The molecule has 3 aromatic rings. The fraction of sp³-hybridized carbons (Fsp3) is 0.0667. The van der Waals surface area contributed by atoms with E-state index in [1.165, 1.54) is 17.4 Å². The fourth-order valence-corrected chi connectivity index (χ4v) is 2.88. The van der Waals surface area contributed by atoms with E-state index in [9.17, 15) is 4.79 Å². The average Bonchev–Trinajstić information content (AvgIpc) is 3.07. The molecule has 0 atom stereocenters. The van der Waals surface area contributed by atoms with Crippen molar-refractivity contribution in [2.24, 2.45) is 0 Å². The first kappa shape index (κ1) is 14.8. The molecule has 2 aromatic heterocycles. The highest BCUT2D eigenvalue weighted by atomic mass is 35.5. The van der Waals surface area contributed by atoms with Crippen LogP contribution >= 0.6 is 22.9 Å². The zero-order valence-corrected chi connectivity index (χ0v) is 13.0. The number of amides is 1. The minimum atomic E-state index is -0.364. The zero-order valence-electron chi connectivity index (χ0n) is 11.4. The molecular formula is C15H12ClN3O2S. The van der Waals surface area contributed by atoms with Crippen LogP contribution in [0.5, 0.6) is 0 Å². The number of hydrogen-bond donors (Lipinski definition) is 1. The van der Waals surface area contributed by atoms with E-state index >= 15 is 0 Å². The van der Waals surface area contributed by atoms with E-state index in [4.69, 9.17) is 16.4 Å². The Balaban J connectivity index is 1.57. The molecule has 5 nitrogen and oxygen atoms in total. The number of imidazole rings is 1.